The maximum absolute atomic E-state index is 2.55. The Balaban J connectivity index is 1.51. The van der Waals surface area contributed by atoms with Crippen molar-refractivity contribution in [3.05, 3.63) is 185 Å². The number of hydrogen-bond donors (Lipinski definition) is 0. The maximum atomic E-state index is 2.55. The predicted octanol–water partition coefficient (Wildman–Crippen LogP) is 16.4. The van der Waals surface area contributed by atoms with Gasteiger partial charge >= 0.3 is 0 Å². The number of anilines is 3. The van der Waals surface area contributed by atoms with Crippen LogP contribution in [0.15, 0.2) is 146 Å². The zero-order chi connectivity index (χ0) is 41.4. The Morgan fingerprint density at radius 1 is 0.362 bits per heavy atom. The van der Waals surface area contributed by atoms with Crippen LogP contribution in [0.2, 0.25) is 0 Å². The Kier molecular flexibility index (Phi) is 9.62. The van der Waals surface area contributed by atoms with E-state index in [9.17, 15) is 0 Å². The largest absolute Gasteiger partial charge is 0.310 e. The number of hydrogen-bond acceptors (Lipinski definition) is 1. The molecule has 0 aliphatic carbocycles. The van der Waals surface area contributed by atoms with Crippen molar-refractivity contribution in [2.24, 2.45) is 0 Å². The molecule has 8 aromatic rings. The Morgan fingerprint density at radius 3 is 1.29 bits per heavy atom. The molecule has 0 amide bonds. The summed E-state index contributed by atoms with van der Waals surface area (Å²) in [6.07, 6.45) is 0. The monoisotopic (exact) mass is 759 g/mol. The third kappa shape index (κ3) is 7.08. The highest BCUT2D eigenvalue weighted by atomic mass is 15.1. The van der Waals surface area contributed by atoms with Crippen molar-refractivity contribution >= 4 is 49.4 Å². The molecule has 0 bridgehead atoms. The molecule has 1 unspecified atom stereocenters. The summed E-state index contributed by atoms with van der Waals surface area (Å²) in [6, 6.07) is 55.6. The summed E-state index contributed by atoms with van der Waals surface area (Å²) >= 11 is 0. The summed E-state index contributed by atoms with van der Waals surface area (Å²) < 4.78 is 0. The molecule has 0 spiro atoms. The molecule has 0 radical (unpaired) electrons. The highest BCUT2D eigenvalue weighted by molar-refractivity contribution is 6.28. The average molecular weight is 760 g/mol. The summed E-state index contributed by atoms with van der Waals surface area (Å²) in [6.45, 7) is 28.0. The summed E-state index contributed by atoms with van der Waals surface area (Å²) in [5, 5.41) is 8.00. The molecule has 1 nitrogen and oxygen atoms in total. The minimum atomic E-state index is -0.105. The normalized spacial score (nSPS) is 13.4. The first kappa shape index (κ1) is 39.4. The molecule has 0 aliphatic heterocycles. The van der Waals surface area contributed by atoms with Gasteiger partial charge in [0, 0.05) is 22.7 Å². The zero-order valence-corrected chi connectivity index (χ0v) is 36.9. The molecule has 0 saturated heterocycles. The molecule has 0 heterocycles. The van der Waals surface area contributed by atoms with E-state index in [2.05, 4.69) is 234 Å². The van der Waals surface area contributed by atoms with E-state index in [0.29, 0.717) is 0 Å². The van der Waals surface area contributed by atoms with Gasteiger partial charge in [0.2, 0.25) is 0 Å². The maximum Gasteiger partial charge on any atom is 0.0543 e. The fraction of sp³-hybridized carbons (Fsp3) is 0.298. The molecule has 8 aromatic carbocycles. The van der Waals surface area contributed by atoms with Gasteiger partial charge in [-0.1, -0.05) is 198 Å². The minimum Gasteiger partial charge on any atom is -0.310 e. The molecule has 0 fully saturated rings. The van der Waals surface area contributed by atoms with Crippen LogP contribution in [-0.2, 0) is 21.7 Å². The summed E-state index contributed by atoms with van der Waals surface area (Å²) in [4.78, 5) is 2.49. The second kappa shape index (κ2) is 14.2. The van der Waals surface area contributed by atoms with Crippen molar-refractivity contribution < 1.29 is 0 Å². The fourth-order valence-electron chi connectivity index (χ4n) is 9.15. The van der Waals surface area contributed by atoms with Gasteiger partial charge in [0.25, 0.3) is 0 Å². The van der Waals surface area contributed by atoms with Crippen LogP contribution in [-0.4, -0.2) is 0 Å². The molecule has 0 saturated carbocycles. The summed E-state index contributed by atoms with van der Waals surface area (Å²) in [5.74, 6) is 0.0598. The van der Waals surface area contributed by atoms with Gasteiger partial charge in [0.1, 0.15) is 0 Å². The summed E-state index contributed by atoms with van der Waals surface area (Å²) in [7, 11) is 0. The van der Waals surface area contributed by atoms with Crippen molar-refractivity contribution in [1.82, 2.24) is 0 Å². The lowest BCUT2D eigenvalue weighted by Crippen LogP contribution is -2.17. The van der Waals surface area contributed by atoms with Crippen molar-refractivity contribution in [2.75, 3.05) is 4.90 Å². The van der Waals surface area contributed by atoms with Crippen LogP contribution < -0.4 is 4.90 Å². The van der Waals surface area contributed by atoms with Gasteiger partial charge < -0.3 is 4.90 Å². The quantitative estimate of drug-likeness (QED) is 0.121. The van der Waals surface area contributed by atoms with Gasteiger partial charge in [-0.25, -0.2) is 0 Å². The van der Waals surface area contributed by atoms with Crippen molar-refractivity contribution in [1.29, 1.82) is 0 Å². The van der Waals surface area contributed by atoms with Gasteiger partial charge in [-0.3, -0.25) is 0 Å². The van der Waals surface area contributed by atoms with Crippen LogP contribution in [0.5, 0.6) is 0 Å². The van der Waals surface area contributed by atoms with Crippen LogP contribution in [0.3, 0.4) is 0 Å². The first-order valence-electron chi connectivity index (χ1n) is 21.2. The van der Waals surface area contributed by atoms with E-state index in [1.165, 1.54) is 76.9 Å². The molecular formula is C57H61N. The van der Waals surface area contributed by atoms with E-state index in [1.54, 1.807) is 0 Å². The van der Waals surface area contributed by atoms with E-state index in [1.807, 2.05) is 0 Å². The number of rotatable bonds is 6. The lowest BCUT2D eigenvalue weighted by Gasteiger charge is -2.33. The van der Waals surface area contributed by atoms with Gasteiger partial charge in [-0.2, -0.15) is 0 Å². The van der Waals surface area contributed by atoms with Crippen molar-refractivity contribution in [3.63, 3.8) is 0 Å². The van der Waals surface area contributed by atoms with Crippen molar-refractivity contribution in [3.8, 4) is 0 Å². The molecule has 0 N–H and O–H groups in total. The first-order chi connectivity index (χ1) is 27.3. The predicted molar refractivity (Wildman–Crippen MR) is 253 cm³/mol. The Bertz CT molecular complexity index is 2520. The fourth-order valence-corrected chi connectivity index (χ4v) is 9.15. The van der Waals surface area contributed by atoms with Gasteiger partial charge in [-0.15, -0.1) is 0 Å². The standard InChI is InChI=1S/C57H61N/c1-54(2,3)39-25-23-38(24-26-39)51(37-19-15-13-16-20-37)47-35-48(56(7,8)9)44-32-33-45-49(57(10,11)12)36-50(46-34-31-43(47)52(44)53(45)46)58(41-21-17-14-18-22-41)42-29-27-40(28-30-42)55(4,5)6/h13-36,51H,1-12H3. The van der Waals surface area contributed by atoms with Gasteiger partial charge in [0.05, 0.1) is 5.69 Å². The highest BCUT2D eigenvalue weighted by Crippen LogP contribution is 2.51. The SMILES string of the molecule is CC(C)(C)c1ccc(C(c2ccccc2)c2cc(C(C)(C)C)c3ccc4c(C(C)(C)C)cc(N(c5ccccc5)c5ccc(C(C)(C)C)cc5)c5ccc2c3c54)cc1. The van der Waals surface area contributed by atoms with Crippen LogP contribution in [0, 0.1) is 0 Å². The van der Waals surface area contributed by atoms with Gasteiger partial charge in [0.15, 0.2) is 0 Å². The lowest BCUT2D eigenvalue weighted by atomic mass is 9.74. The molecule has 1 heteroatoms. The van der Waals surface area contributed by atoms with Gasteiger partial charge in [-0.05, 0) is 118 Å². The number of para-hydroxylation sites is 1. The van der Waals surface area contributed by atoms with E-state index >= 15 is 0 Å². The summed E-state index contributed by atoms with van der Waals surface area (Å²) in [5.41, 5.74) is 12.9. The third-order valence-corrected chi connectivity index (χ3v) is 12.3. The van der Waals surface area contributed by atoms with Crippen LogP contribution in [0.25, 0.3) is 32.3 Å². The van der Waals surface area contributed by atoms with E-state index in [-0.39, 0.29) is 27.6 Å². The molecule has 0 aliphatic rings. The zero-order valence-electron chi connectivity index (χ0n) is 36.9. The number of nitrogens with zero attached hydrogens (tertiary/aromatic N) is 1. The smallest absolute Gasteiger partial charge is 0.0543 e. The molecule has 8 rings (SSSR count). The average Bonchev–Trinajstić information content (AvgIpc) is 3.17. The molecule has 0 aromatic heterocycles. The second-order valence-electron chi connectivity index (χ2n) is 20.7. The Morgan fingerprint density at radius 2 is 0.776 bits per heavy atom. The van der Waals surface area contributed by atoms with E-state index < -0.39 is 0 Å². The van der Waals surface area contributed by atoms with Crippen LogP contribution >= 0.6 is 0 Å². The lowest BCUT2D eigenvalue weighted by molar-refractivity contribution is 0.589. The first-order valence-corrected chi connectivity index (χ1v) is 21.2. The molecular weight excluding hydrogens is 699 g/mol. The minimum absolute atomic E-state index is 0.0598. The third-order valence-electron chi connectivity index (χ3n) is 12.3. The molecule has 294 valence electrons. The van der Waals surface area contributed by atoms with Crippen LogP contribution in [0.4, 0.5) is 17.1 Å². The van der Waals surface area contributed by atoms with E-state index in [0.717, 1.165) is 11.4 Å². The Labute approximate surface area is 348 Å². The molecule has 1 atom stereocenters. The highest BCUT2D eigenvalue weighted by Gasteiger charge is 2.30. The van der Waals surface area contributed by atoms with E-state index in [4.69, 9.17) is 0 Å². The topological polar surface area (TPSA) is 3.24 Å². The van der Waals surface area contributed by atoms with Crippen LogP contribution in [0.1, 0.15) is 128 Å². The second-order valence-corrected chi connectivity index (χ2v) is 20.7. The molecule has 58 heavy (non-hydrogen) atoms. The Hall–Kier alpha value is -5.40. The van der Waals surface area contributed by atoms with Crippen molar-refractivity contribution in [2.45, 2.75) is 111 Å². The number of benzene rings is 8.